The Bertz CT molecular complexity index is 966. The molecule has 3 aromatic rings. The molecular weight excluding hydrogens is 342 g/mol. The lowest BCUT2D eigenvalue weighted by Gasteiger charge is -2.18. The predicted molar refractivity (Wildman–Crippen MR) is 102 cm³/mol. The van der Waals surface area contributed by atoms with Gasteiger partial charge < -0.3 is 18.8 Å². The van der Waals surface area contributed by atoms with Gasteiger partial charge in [-0.1, -0.05) is 6.07 Å². The van der Waals surface area contributed by atoms with Crippen molar-refractivity contribution in [1.29, 1.82) is 0 Å². The van der Waals surface area contributed by atoms with E-state index in [1.165, 1.54) is 0 Å². The molecule has 0 N–H and O–H groups in total. The zero-order valence-corrected chi connectivity index (χ0v) is 15.6. The van der Waals surface area contributed by atoms with Gasteiger partial charge in [-0.2, -0.15) is 0 Å². The van der Waals surface area contributed by atoms with Gasteiger partial charge in [0.1, 0.15) is 17.1 Å². The van der Waals surface area contributed by atoms with Gasteiger partial charge in [-0.25, -0.2) is 4.98 Å². The summed E-state index contributed by atoms with van der Waals surface area (Å²) in [6.07, 6.45) is 5.00. The molecule has 0 spiro atoms. The maximum absolute atomic E-state index is 12.8. The van der Waals surface area contributed by atoms with E-state index in [0.717, 1.165) is 41.4 Å². The van der Waals surface area contributed by atoms with E-state index in [2.05, 4.69) is 4.98 Å². The number of likely N-dealkylation sites (tertiary alicyclic amines) is 1. The van der Waals surface area contributed by atoms with Crippen LogP contribution in [0.25, 0.3) is 5.65 Å². The zero-order valence-electron chi connectivity index (χ0n) is 15.6. The van der Waals surface area contributed by atoms with Crippen LogP contribution in [0.2, 0.25) is 0 Å². The molecule has 6 heteroatoms. The van der Waals surface area contributed by atoms with E-state index in [0.29, 0.717) is 13.0 Å². The van der Waals surface area contributed by atoms with Crippen molar-refractivity contribution >= 4 is 11.6 Å². The van der Waals surface area contributed by atoms with E-state index in [4.69, 9.17) is 9.47 Å². The van der Waals surface area contributed by atoms with Crippen LogP contribution in [-0.2, 0) is 11.2 Å². The van der Waals surface area contributed by atoms with Crippen molar-refractivity contribution in [2.24, 2.45) is 0 Å². The van der Waals surface area contributed by atoms with Crippen molar-refractivity contribution in [3.8, 4) is 11.5 Å². The van der Waals surface area contributed by atoms with Gasteiger partial charge in [-0.3, -0.25) is 4.79 Å². The number of nitrogens with zero attached hydrogens (tertiary/aromatic N) is 3. The monoisotopic (exact) mass is 365 g/mol. The number of carbonyl (C=O) groups is 1. The average molecular weight is 365 g/mol. The summed E-state index contributed by atoms with van der Waals surface area (Å²) in [6, 6.07) is 11.7. The van der Waals surface area contributed by atoms with Crippen LogP contribution in [0.1, 0.15) is 23.6 Å². The largest absolute Gasteiger partial charge is 0.497 e. The molecule has 27 heavy (non-hydrogen) atoms. The fourth-order valence-corrected chi connectivity index (χ4v) is 3.78. The van der Waals surface area contributed by atoms with Gasteiger partial charge in [-0.15, -0.1) is 0 Å². The first-order valence-electron chi connectivity index (χ1n) is 9.10. The van der Waals surface area contributed by atoms with Crippen LogP contribution in [0.5, 0.6) is 11.5 Å². The number of carbonyl (C=O) groups excluding carboxylic acids is 1. The number of imidazole rings is 1. The molecular formula is C21H23N3O3. The van der Waals surface area contributed by atoms with Gasteiger partial charge >= 0.3 is 0 Å². The lowest BCUT2D eigenvalue weighted by atomic mass is 9.97. The van der Waals surface area contributed by atoms with Gasteiger partial charge in [0.05, 0.1) is 26.3 Å². The predicted octanol–water partition coefficient (Wildman–Crippen LogP) is 2.91. The number of benzene rings is 1. The second-order valence-corrected chi connectivity index (χ2v) is 6.79. The topological polar surface area (TPSA) is 56.1 Å². The number of hydrogen-bond acceptors (Lipinski definition) is 4. The first-order chi connectivity index (χ1) is 13.2. The van der Waals surface area contributed by atoms with Crippen molar-refractivity contribution in [2.45, 2.75) is 18.8 Å². The summed E-state index contributed by atoms with van der Waals surface area (Å²) in [4.78, 5) is 19.1. The Balaban J connectivity index is 1.49. The van der Waals surface area contributed by atoms with E-state index in [9.17, 15) is 4.79 Å². The highest BCUT2D eigenvalue weighted by atomic mass is 16.5. The first kappa shape index (κ1) is 17.4. The van der Waals surface area contributed by atoms with Crippen molar-refractivity contribution in [1.82, 2.24) is 14.3 Å². The van der Waals surface area contributed by atoms with E-state index in [-0.39, 0.29) is 11.8 Å². The fraction of sp³-hybridized carbons (Fsp3) is 0.333. The molecule has 3 heterocycles. The summed E-state index contributed by atoms with van der Waals surface area (Å²) in [5, 5.41) is 0. The van der Waals surface area contributed by atoms with Crippen molar-refractivity contribution in [2.75, 3.05) is 27.3 Å². The SMILES string of the molecule is COc1ccc(OC)c([C@@H]2CCN(C(=O)Cc3cnc4ccccn34)C2)c1. The summed E-state index contributed by atoms with van der Waals surface area (Å²) < 4.78 is 12.8. The van der Waals surface area contributed by atoms with Crippen LogP contribution >= 0.6 is 0 Å². The molecule has 1 fully saturated rings. The Morgan fingerprint density at radius 1 is 1.22 bits per heavy atom. The van der Waals surface area contributed by atoms with Crippen LogP contribution in [0, 0.1) is 0 Å². The third-order valence-electron chi connectivity index (χ3n) is 5.24. The number of ether oxygens (including phenoxy) is 2. The Hall–Kier alpha value is -3.02. The highest BCUT2D eigenvalue weighted by Crippen LogP contribution is 2.36. The number of rotatable bonds is 5. The number of hydrogen-bond donors (Lipinski definition) is 0. The quantitative estimate of drug-likeness (QED) is 0.698. The summed E-state index contributed by atoms with van der Waals surface area (Å²) in [5.74, 6) is 2.03. The molecule has 0 radical (unpaired) electrons. The Morgan fingerprint density at radius 3 is 2.93 bits per heavy atom. The molecule has 140 valence electrons. The van der Waals surface area contributed by atoms with Crippen LogP contribution in [-0.4, -0.2) is 47.5 Å². The second-order valence-electron chi connectivity index (χ2n) is 6.79. The van der Waals surface area contributed by atoms with Gasteiger partial charge in [0, 0.05) is 37.0 Å². The smallest absolute Gasteiger partial charge is 0.228 e. The standard InChI is InChI=1S/C21H23N3O3/c1-26-17-6-7-19(27-2)18(12-17)15-8-10-23(14-15)21(25)11-16-13-22-20-5-3-4-9-24(16)20/h3-7,9,12-13,15H,8,10-11,14H2,1-2H3/t15-/m1/s1. The summed E-state index contributed by atoms with van der Waals surface area (Å²) in [6.45, 7) is 1.44. The molecule has 1 aliphatic rings. The van der Waals surface area contributed by atoms with Gasteiger partial charge in [0.15, 0.2) is 0 Å². The van der Waals surface area contributed by atoms with E-state index < -0.39 is 0 Å². The third-order valence-corrected chi connectivity index (χ3v) is 5.24. The molecule has 1 saturated heterocycles. The number of fused-ring (bicyclic) bond motifs is 1. The number of amides is 1. The zero-order chi connectivity index (χ0) is 18.8. The van der Waals surface area contributed by atoms with Crippen LogP contribution in [0.3, 0.4) is 0 Å². The van der Waals surface area contributed by atoms with E-state index >= 15 is 0 Å². The Labute approximate surface area is 158 Å². The normalized spacial score (nSPS) is 16.7. The molecule has 6 nitrogen and oxygen atoms in total. The van der Waals surface area contributed by atoms with E-state index in [1.54, 1.807) is 20.4 Å². The average Bonchev–Trinajstić information content (AvgIpc) is 3.35. The molecule has 0 saturated carbocycles. The molecule has 0 unspecified atom stereocenters. The van der Waals surface area contributed by atoms with E-state index in [1.807, 2.05) is 51.9 Å². The molecule has 4 rings (SSSR count). The van der Waals surface area contributed by atoms with Gasteiger partial charge in [0.25, 0.3) is 0 Å². The van der Waals surface area contributed by atoms with Gasteiger partial charge in [0.2, 0.25) is 5.91 Å². The molecule has 1 aromatic carbocycles. The van der Waals surface area contributed by atoms with Crippen LogP contribution in [0.4, 0.5) is 0 Å². The molecule has 1 amide bonds. The number of pyridine rings is 1. The molecule has 0 bridgehead atoms. The second kappa shape index (κ2) is 7.31. The number of methoxy groups -OCH3 is 2. The maximum Gasteiger partial charge on any atom is 0.228 e. The fourth-order valence-electron chi connectivity index (χ4n) is 3.78. The lowest BCUT2D eigenvalue weighted by molar-refractivity contribution is -0.129. The first-order valence-corrected chi connectivity index (χ1v) is 9.10. The molecule has 1 aliphatic heterocycles. The minimum Gasteiger partial charge on any atom is -0.497 e. The minimum atomic E-state index is 0.130. The van der Waals surface area contributed by atoms with Crippen LogP contribution < -0.4 is 9.47 Å². The summed E-state index contributed by atoms with van der Waals surface area (Å²) in [7, 11) is 3.33. The maximum atomic E-state index is 12.8. The van der Waals surface area contributed by atoms with Crippen molar-refractivity contribution < 1.29 is 14.3 Å². The third kappa shape index (κ3) is 3.35. The minimum absolute atomic E-state index is 0.130. The van der Waals surface area contributed by atoms with Gasteiger partial charge in [-0.05, 0) is 36.8 Å². The Kier molecular flexibility index (Phi) is 4.71. The molecule has 0 aliphatic carbocycles. The molecule has 2 aromatic heterocycles. The number of aromatic nitrogens is 2. The molecule has 1 atom stereocenters. The van der Waals surface area contributed by atoms with Crippen molar-refractivity contribution in [3.63, 3.8) is 0 Å². The highest BCUT2D eigenvalue weighted by molar-refractivity contribution is 5.79. The highest BCUT2D eigenvalue weighted by Gasteiger charge is 2.29. The van der Waals surface area contributed by atoms with Crippen molar-refractivity contribution in [3.05, 3.63) is 60.0 Å². The van der Waals surface area contributed by atoms with Crippen LogP contribution in [0.15, 0.2) is 48.8 Å². The Morgan fingerprint density at radius 2 is 2.11 bits per heavy atom. The lowest BCUT2D eigenvalue weighted by Crippen LogP contribution is -2.30. The summed E-state index contributed by atoms with van der Waals surface area (Å²) in [5.41, 5.74) is 2.88. The summed E-state index contributed by atoms with van der Waals surface area (Å²) >= 11 is 0.